The predicted molar refractivity (Wildman–Crippen MR) is 218 cm³/mol. The lowest BCUT2D eigenvalue weighted by atomic mass is 9.93. The van der Waals surface area contributed by atoms with Crippen LogP contribution in [0.1, 0.15) is 76.9 Å². The van der Waals surface area contributed by atoms with Crippen molar-refractivity contribution in [1.82, 2.24) is 0 Å². The number of aryl methyl sites for hydroxylation is 2. The number of rotatable bonds is 12. The molecule has 0 radical (unpaired) electrons. The highest BCUT2D eigenvalue weighted by atomic mass is 16.5. The standard InChI is InChI=1S/C23H22O4.C22H18O2.C3H8O/c1-25-18-14-20(26-2)22(21(15-18)27-3)23(24)19-12-8-7-11-17(19)13-16-9-5-4-6-10-16;1-15-7-3-5-9-19(15)21(23)17-11-13-18(14-12-17)22(24)20-10-6-4-8-16(20)2;1-3-4-2/h4-12,14-15H,13H2,1-3H3;3-14H,1-2H3;3H2,1-2H3. The maximum absolute atomic E-state index is 13.4. The van der Waals surface area contributed by atoms with Crippen LogP contribution in [-0.4, -0.2) is 52.4 Å². The lowest BCUT2D eigenvalue weighted by Crippen LogP contribution is -2.10. The quantitative estimate of drug-likeness (QED) is 0.116. The molecular formula is C48H48O7. The van der Waals surface area contributed by atoms with Crippen molar-refractivity contribution in [2.45, 2.75) is 27.2 Å². The minimum atomic E-state index is -0.141. The van der Waals surface area contributed by atoms with E-state index in [2.05, 4.69) is 16.9 Å². The van der Waals surface area contributed by atoms with Gasteiger partial charge in [0.25, 0.3) is 0 Å². The van der Waals surface area contributed by atoms with Crippen molar-refractivity contribution in [3.05, 3.63) is 195 Å². The molecule has 0 aliphatic heterocycles. The van der Waals surface area contributed by atoms with Crippen LogP contribution in [0.2, 0.25) is 0 Å². The average Bonchev–Trinajstić information content (AvgIpc) is 3.23. The third-order valence-electron chi connectivity index (χ3n) is 8.92. The fourth-order valence-electron chi connectivity index (χ4n) is 5.82. The van der Waals surface area contributed by atoms with E-state index in [4.69, 9.17) is 14.2 Å². The van der Waals surface area contributed by atoms with Crippen LogP contribution in [0.15, 0.2) is 140 Å². The van der Waals surface area contributed by atoms with Gasteiger partial charge in [-0.3, -0.25) is 14.4 Å². The number of ether oxygens (including phenoxy) is 4. The molecule has 0 heterocycles. The number of methoxy groups -OCH3 is 4. The number of ketones is 3. The van der Waals surface area contributed by atoms with E-state index in [9.17, 15) is 14.4 Å². The molecule has 0 saturated carbocycles. The van der Waals surface area contributed by atoms with E-state index in [-0.39, 0.29) is 17.3 Å². The summed E-state index contributed by atoms with van der Waals surface area (Å²) in [6.07, 6.45) is 0.670. The van der Waals surface area contributed by atoms with Crippen molar-refractivity contribution < 1.29 is 33.3 Å². The summed E-state index contributed by atoms with van der Waals surface area (Å²) in [5.74, 6) is 1.22. The lowest BCUT2D eigenvalue weighted by Gasteiger charge is -2.16. The molecule has 282 valence electrons. The fourth-order valence-corrected chi connectivity index (χ4v) is 5.82. The maximum Gasteiger partial charge on any atom is 0.200 e. The molecule has 0 aromatic heterocycles. The van der Waals surface area contributed by atoms with Crippen LogP contribution in [0.4, 0.5) is 0 Å². The third-order valence-corrected chi connectivity index (χ3v) is 8.92. The van der Waals surface area contributed by atoms with Gasteiger partial charge in [-0.05, 0) is 49.4 Å². The summed E-state index contributed by atoms with van der Waals surface area (Å²) >= 11 is 0. The lowest BCUT2D eigenvalue weighted by molar-refractivity contribution is 0.102. The number of hydrogen-bond acceptors (Lipinski definition) is 7. The Labute approximate surface area is 324 Å². The van der Waals surface area contributed by atoms with Gasteiger partial charge in [0.1, 0.15) is 22.8 Å². The number of benzene rings is 6. The Hall–Kier alpha value is -6.31. The van der Waals surface area contributed by atoms with Gasteiger partial charge in [-0.2, -0.15) is 0 Å². The van der Waals surface area contributed by atoms with Crippen molar-refractivity contribution in [3.8, 4) is 17.2 Å². The number of hydrogen-bond donors (Lipinski definition) is 0. The first-order chi connectivity index (χ1) is 26.7. The Morgan fingerprint density at radius 3 is 1.33 bits per heavy atom. The van der Waals surface area contributed by atoms with E-state index in [1.165, 1.54) is 14.2 Å². The van der Waals surface area contributed by atoms with Crippen molar-refractivity contribution in [2.75, 3.05) is 35.0 Å². The molecule has 0 N–H and O–H groups in total. The summed E-state index contributed by atoms with van der Waals surface area (Å²) in [6.45, 7) is 6.62. The van der Waals surface area contributed by atoms with Crippen LogP contribution < -0.4 is 14.2 Å². The molecule has 7 nitrogen and oxygen atoms in total. The van der Waals surface area contributed by atoms with E-state index in [0.717, 1.165) is 28.9 Å². The summed E-state index contributed by atoms with van der Waals surface area (Å²) in [5.41, 5.74) is 7.57. The maximum atomic E-state index is 13.4. The van der Waals surface area contributed by atoms with Gasteiger partial charge in [0.2, 0.25) is 5.78 Å². The van der Waals surface area contributed by atoms with Crippen LogP contribution in [0.25, 0.3) is 0 Å². The molecule has 0 spiro atoms. The average molecular weight is 737 g/mol. The smallest absolute Gasteiger partial charge is 0.200 e. The van der Waals surface area contributed by atoms with Crippen LogP contribution in [0, 0.1) is 13.8 Å². The minimum Gasteiger partial charge on any atom is -0.496 e. The molecule has 55 heavy (non-hydrogen) atoms. The summed E-state index contributed by atoms with van der Waals surface area (Å²) in [7, 11) is 6.30. The van der Waals surface area contributed by atoms with Gasteiger partial charge >= 0.3 is 0 Å². The number of carbonyl (C=O) groups is 3. The summed E-state index contributed by atoms with van der Waals surface area (Å²) < 4.78 is 20.7. The second-order valence-electron chi connectivity index (χ2n) is 12.5. The van der Waals surface area contributed by atoms with Gasteiger partial charge < -0.3 is 18.9 Å². The molecule has 0 amide bonds. The topological polar surface area (TPSA) is 88.1 Å². The summed E-state index contributed by atoms with van der Waals surface area (Å²) in [6, 6.07) is 43.0. The molecule has 0 atom stereocenters. The highest BCUT2D eigenvalue weighted by Gasteiger charge is 2.23. The van der Waals surface area contributed by atoms with Crippen LogP contribution in [0.5, 0.6) is 17.2 Å². The van der Waals surface area contributed by atoms with E-state index in [1.54, 1.807) is 50.6 Å². The Bertz CT molecular complexity index is 2080. The Balaban J connectivity index is 0.000000224. The van der Waals surface area contributed by atoms with E-state index < -0.39 is 0 Å². The van der Waals surface area contributed by atoms with Crippen LogP contribution >= 0.6 is 0 Å². The monoisotopic (exact) mass is 736 g/mol. The first-order valence-corrected chi connectivity index (χ1v) is 17.9. The predicted octanol–water partition coefficient (Wildman–Crippen LogP) is 9.95. The second kappa shape index (κ2) is 20.8. The van der Waals surface area contributed by atoms with Gasteiger partial charge in [-0.15, -0.1) is 0 Å². The van der Waals surface area contributed by atoms with Crippen molar-refractivity contribution in [2.24, 2.45) is 0 Å². The zero-order valence-corrected chi connectivity index (χ0v) is 32.6. The van der Waals surface area contributed by atoms with Gasteiger partial charge in [0.05, 0.1) is 21.3 Å². The SMILES string of the molecule is CCOC.COc1cc(OC)c(C(=O)c2ccccc2Cc2ccccc2)c(OC)c1.Cc1ccccc1C(=O)c1ccc(C(=O)c2ccccc2C)cc1. The van der Waals surface area contributed by atoms with Gasteiger partial charge in [0, 0.05) is 53.7 Å². The molecule has 0 aliphatic rings. The zero-order valence-electron chi connectivity index (χ0n) is 32.6. The molecule has 7 heteroatoms. The molecule has 0 aliphatic carbocycles. The third kappa shape index (κ3) is 10.9. The van der Waals surface area contributed by atoms with Crippen molar-refractivity contribution in [3.63, 3.8) is 0 Å². The fraction of sp³-hybridized carbons (Fsp3) is 0.188. The van der Waals surface area contributed by atoms with Crippen molar-refractivity contribution in [1.29, 1.82) is 0 Å². The molecule has 0 saturated heterocycles. The first kappa shape index (κ1) is 41.4. The molecule has 0 fully saturated rings. The van der Waals surface area contributed by atoms with Gasteiger partial charge in [-0.25, -0.2) is 0 Å². The van der Waals surface area contributed by atoms with Gasteiger partial charge in [-0.1, -0.05) is 127 Å². The van der Waals surface area contributed by atoms with Crippen molar-refractivity contribution >= 4 is 17.3 Å². The normalized spacial score (nSPS) is 10.2. The Morgan fingerprint density at radius 2 is 0.909 bits per heavy atom. The molecule has 6 aromatic carbocycles. The summed E-state index contributed by atoms with van der Waals surface area (Å²) in [5, 5.41) is 0. The minimum absolute atomic E-state index is 0.0250. The zero-order chi connectivity index (χ0) is 39.7. The van der Waals surface area contributed by atoms with E-state index >= 15 is 0 Å². The highest BCUT2D eigenvalue weighted by molar-refractivity contribution is 6.14. The highest BCUT2D eigenvalue weighted by Crippen LogP contribution is 2.36. The number of carbonyl (C=O) groups excluding carboxylic acids is 3. The molecule has 0 unspecified atom stereocenters. The Morgan fingerprint density at radius 1 is 0.491 bits per heavy atom. The van der Waals surface area contributed by atoms with E-state index in [1.807, 2.05) is 112 Å². The molecular weight excluding hydrogens is 689 g/mol. The second-order valence-corrected chi connectivity index (χ2v) is 12.5. The van der Waals surface area contributed by atoms with Crippen LogP contribution in [-0.2, 0) is 11.2 Å². The first-order valence-electron chi connectivity index (χ1n) is 17.9. The van der Waals surface area contributed by atoms with E-state index in [0.29, 0.717) is 57.1 Å². The molecule has 0 bridgehead atoms. The largest absolute Gasteiger partial charge is 0.496 e. The van der Waals surface area contributed by atoms with Crippen LogP contribution in [0.3, 0.4) is 0 Å². The summed E-state index contributed by atoms with van der Waals surface area (Å²) in [4.78, 5) is 38.6. The Kier molecular flexibility index (Phi) is 15.7. The molecule has 6 rings (SSSR count). The molecule has 6 aromatic rings. The van der Waals surface area contributed by atoms with Gasteiger partial charge in [0.15, 0.2) is 11.6 Å².